The highest BCUT2D eigenvalue weighted by atomic mass is 16.6. The van der Waals surface area contributed by atoms with Crippen LogP contribution < -0.4 is 5.32 Å². The van der Waals surface area contributed by atoms with Gasteiger partial charge in [0, 0.05) is 6.54 Å². The zero-order valence-electron chi connectivity index (χ0n) is 16.2. The van der Waals surface area contributed by atoms with E-state index >= 15 is 0 Å². The Labute approximate surface area is 154 Å². The van der Waals surface area contributed by atoms with Gasteiger partial charge in [0.15, 0.2) is 0 Å². The van der Waals surface area contributed by atoms with Gasteiger partial charge in [-0.2, -0.15) is 0 Å². The molecule has 2 nitrogen and oxygen atoms in total. The molecular weight excluding hydrogens is 306 g/mol. The average molecular weight is 346 g/mol. The summed E-state index contributed by atoms with van der Waals surface area (Å²) >= 11 is 0. The molecule has 0 aromatic carbocycles. The molecule has 6 rings (SSSR count). The molecule has 5 aliphatic carbocycles. The maximum atomic E-state index is 7.25. The van der Waals surface area contributed by atoms with Gasteiger partial charge < -0.3 is 4.74 Å². The van der Waals surface area contributed by atoms with Crippen LogP contribution in [-0.2, 0) is 4.74 Å². The Bertz CT molecular complexity index is 433. The average Bonchev–Trinajstić information content (AvgIpc) is 2.97. The minimum absolute atomic E-state index is 0.0363. The fourth-order valence-corrected chi connectivity index (χ4v) is 7.63. The predicted molar refractivity (Wildman–Crippen MR) is 102 cm³/mol. The summed E-state index contributed by atoms with van der Waals surface area (Å²) in [4.78, 5) is 0. The number of hydrogen-bond donors (Lipinski definition) is 1. The lowest BCUT2D eigenvalue weighted by atomic mass is 9.50. The van der Waals surface area contributed by atoms with E-state index in [0.29, 0.717) is 0 Å². The lowest BCUT2D eigenvalue weighted by Crippen LogP contribution is -2.59. The summed E-state index contributed by atoms with van der Waals surface area (Å²) in [7, 11) is 0. The van der Waals surface area contributed by atoms with Crippen LogP contribution in [0.4, 0.5) is 0 Å². The first kappa shape index (κ1) is 17.0. The van der Waals surface area contributed by atoms with Gasteiger partial charge in [-0.1, -0.05) is 44.9 Å². The van der Waals surface area contributed by atoms with E-state index in [2.05, 4.69) is 5.32 Å². The van der Waals surface area contributed by atoms with Crippen molar-refractivity contribution in [2.75, 3.05) is 6.54 Å². The maximum absolute atomic E-state index is 7.25. The van der Waals surface area contributed by atoms with E-state index in [1.54, 1.807) is 6.42 Å². The number of rotatable bonds is 0. The molecule has 2 spiro atoms. The van der Waals surface area contributed by atoms with Crippen molar-refractivity contribution in [3.8, 4) is 0 Å². The van der Waals surface area contributed by atoms with Gasteiger partial charge in [-0.05, 0) is 81.5 Å². The third kappa shape index (κ3) is 3.10. The molecule has 0 radical (unpaired) electrons. The van der Waals surface area contributed by atoms with E-state index < -0.39 is 0 Å². The molecule has 0 unspecified atom stereocenters. The summed E-state index contributed by atoms with van der Waals surface area (Å²) in [6.07, 6.45) is 22.8. The van der Waals surface area contributed by atoms with Gasteiger partial charge in [0.25, 0.3) is 0 Å². The minimum Gasteiger partial charge on any atom is -0.352 e. The summed E-state index contributed by atoms with van der Waals surface area (Å²) in [5.74, 6) is 3.84. The molecular formula is C23H39NO. The first-order valence-corrected chi connectivity index (χ1v) is 11.7. The predicted octanol–water partition coefficient (Wildman–Crippen LogP) is 5.80. The van der Waals surface area contributed by atoms with Crippen molar-refractivity contribution in [1.82, 2.24) is 5.32 Å². The SMILES string of the molecule is C1CCCCCC2(CCCCC1)NCC1(O2)C2CC3CC(C2)CC1C3. The van der Waals surface area contributed by atoms with Gasteiger partial charge in [-0.3, -0.25) is 5.32 Å². The molecule has 4 bridgehead atoms. The molecule has 5 saturated carbocycles. The van der Waals surface area contributed by atoms with Gasteiger partial charge >= 0.3 is 0 Å². The topological polar surface area (TPSA) is 21.3 Å². The van der Waals surface area contributed by atoms with Gasteiger partial charge in [-0.25, -0.2) is 0 Å². The summed E-state index contributed by atoms with van der Waals surface area (Å²) in [5.41, 5.74) is 0.263. The molecule has 1 N–H and O–H groups in total. The standard InChI is InChI=1S/C23H39NO/c1-2-4-6-8-10-22(11-9-7-5-3-1)24-17-23(25-22)20-13-18-12-19(15-20)16-21(23)14-18/h18-21,24H,1-17H2. The Morgan fingerprint density at radius 1 is 0.600 bits per heavy atom. The summed E-state index contributed by atoms with van der Waals surface area (Å²) < 4.78 is 7.25. The second-order valence-corrected chi connectivity index (χ2v) is 10.4. The normalized spacial score (nSPS) is 47.0. The lowest BCUT2D eigenvalue weighted by molar-refractivity contribution is -0.221. The van der Waals surface area contributed by atoms with Crippen LogP contribution in [0.2, 0.25) is 0 Å². The summed E-state index contributed by atoms with van der Waals surface area (Å²) in [5, 5.41) is 4.02. The van der Waals surface area contributed by atoms with Gasteiger partial charge in [0.1, 0.15) is 5.72 Å². The number of nitrogens with one attached hydrogen (secondary N) is 1. The fourth-order valence-electron chi connectivity index (χ4n) is 7.63. The van der Waals surface area contributed by atoms with E-state index in [1.165, 1.54) is 103 Å². The van der Waals surface area contributed by atoms with E-state index in [0.717, 1.165) is 23.7 Å². The maximum Gasteiger partial charge on any atom is 0.120 e. The van der Waals surface area contributed by atoms with Gasteiger partial charge in [-0.15, -0.1) is 0 Å². The van der Waals surface area contributed by atoms with Crippen molar-refractivity contribution >= 4 is 0 Å². The van der Waals surface area contributed by atoms with E-state index in [-0.39, 0.29) is 11.3 Å². The van der Waals surface area contributed by atoms with E-state index in [1.807, 2.05) is 0 Å². The van der Waals surface area contributed by atoms with Crippen LogP contribution in [0.1, 0.15) is 103 Å². The van der Waals surface area contributed by atoms with Crippen LogP contribution >= 0.6 is 0 Å². The molecule has 1 aliphatic heterocycles. The molecule has 0 atom stereocenters. The van der Waals surface area contributed by atoms with Crippen molar-refractivity contribution in [3.63, 3.8) is 0 Å². The molecule has 25 heavy (non-hydrogen) atoms. The quantitative estimate of drug-likeness (QED) is 0.599. The van der Waals surface area contributed by atoms with Crippen molar-refractivity contribution in [1.29, 1.82) is 0 Å². The molecule has 1 saturated heterocycles. The molecule has 2 heteroatoms. The Kier molecular flexibility index (Phi) is 4.65. The highest BCUT2D eigenvalue weighted by molar-refractivity contribution is 5.13. The summed E-state index contributed by atoms with van der Waals surface area (Å²) in [6, 6.07) is 0. The zero-order valence-corrected chi connectivity index (χ0v) is 16.2. The monoisotopic (exact) mass is 345 g/mol. The third-order valence-corrected chi connectivity index (χ3v) is 8.75. The second kappa shape index (κ2) is 6.82. The van der Waals surface area contributed by atoms with Crippen LogP contribution in [0.3, 0.4) is 0 Å². The molecule has 1 heterocycles. The van der Waals surface area contributed by atoms with Crippen LogP contribution in [0.5, 0.6) is 0 Å². The third-order valence-electron chi connectivity index (χ3n) is 8.75. The van der Waals surface area contributed by atoms with E-state index in [4.69, 9.17) is 4.74 Å². The Hall–Kier alpha value is -0.0800. The van der Waals surface area contributed by atoms with Crippen molar-refractivity contribution < 1.29 is 4.74 Å². The fraction of sp³-hybridized carbons (Fsp3) is 1.00. The number of ether oxygens (including phenoxy) is 1. The second-order valence-electron chi connectivity index (χ2n) is 10.4. The molecule has 0 aromatic heterocycles. The van der Waals surface area contributed by atoms with Crippen LogP contribution in [0, 0.1) is 23.7 Å². The molecule has 6 aliphatic rings. The first-order chi connectivity index (χ1) is 12.3. The lowest BCUT2D eigenvalue weighted by Gasteiger charge is -2.59. The highest BCUT2D eigenvalue weighted by Crippen LogP contribution is 2.61. The van der Waals surface area contributed by atoms with Crippen molar-refractivity contribution in [2.45, 2.75) is 114 Å². The largest absolute Gasteiger partial charge is 0.352 e. The molecule has 0 aromatic rings. The van der Waals surface area contributed by atoms with Crippen LogP contribution in [0.15, 0.2) is 0 Å². The van der Waals surface area contributed by atoms with Crippen LogP contribution in [-0.4, -0.2) is 17.9 Å². The van der Waals surface area contributed by atoms with Crippen LogP contribution in [0.25, 0.3) is 0 Å². The smallest absolute Gasteiger partial charge is 0.120 e. The van der Waals surface area contributed by atoms with Gasteiger partial charge in [0.2, 0.25) is 0 Å². The molecule has 142 valence electrons. The first-order valence-electron chi connectivity index (χ1n) is 11.7. The highest BCUT2D eigenvalue weighted by Gasteiger charge is 2.63. The van der Waals surface area contributed by atoms with Crippen molar-refractivity contribution in [3.05, 3.63) is 0 Å². The Balaban J connectivity index is 1.31. The Morgan fingerprint density at radius 2 is 1.08 bits per heavy atom. The van der Waals surface area contributed by atoms with E-state index in [9.17, 15) is 0 Å². The van der Waals surface area contributed by atoms with Crippen molar-refractivity contribution in [2.24, 2.45) is 23.7 Å². The molecule has 0 amide bonds. The zero-order chi connectivity index (χ0) is 16.7. The molecule has 6 fully saturated rings. The number of hydrogen-bond acceptors (Lipinski definition) is 2. The Morgan fingerprint density at radius 3 is 1.60 bits per heavy atom. The minimum atomic E-state index is 0.0363. The summed E-state index contributed by atoms with van der Waals surface area (Å²) in [6.45, 7) is 1.17. The van der Waals surface area contributed by atoms with Gasteiger partial charge in [0.05, 0.1) is 5.60 Å².